The topological polar surface area (TPSA) is 24.9 Å². The fraction of sp³-hybridized carbons (Fsp3) is 0.500. The van der Waals surface area contributed by atoms with Crippen LogP contribution in [0.3, 0.4) is 0 Å². The summed E-state index contributed by atoms with van der Waals surface area (Å²) in [6.45, 7) is 10.7. The summed E-state index contributed by atoms with van der Waals surface area (Å²) in [5.41, 5.74) is 0.259. The Kier molecular flexibility index (Phi) is 4.20. The van der Waals surface area contributed by atoms with Gasteiger partial charge in [-0.05, 0) is 24.5 Å². The minimum Gasteiger partial charge on any atom is -0.306 e. The molecule has 1 N–H and O–H groups in total. The summed E-state index contributed by atoms with van der Waals surface area (Å²) in [4.78, 5) is 8.47. The van der Waals surface area contributed by atoms with E-state index in [0.29, 0.717) is 0 Å². The first-order valence-corrected chi connectivity index (χ1v) is 7.79. The summed E-state index contributed by atoms with van der Waals surface area (Å²) < 4.78 is 0. The molecular formula is C14H20N2S2. The SMILES string of the molecule is Cc1cnc(CNCc2ccc(C(C)(C)C)s2)s1. The van der Waals surface area contributed by atoms with Gasteiger partial charge in [-0.1, -0.05) is 20.8 Å². The van der Waals surface area contributed by atoms with E-state index in [-0.39, 0.29) is 5.41 Å². The quantitative estimate of drug-likeness (QED) is 0.912. The first kappa shape index (κ1) is 13.7. The Labute approximate surface area is 117 Å². The van der Waals surface area contributed by atoms with Crippen molar-refractivity contribution in [1.29, 1.82) is 0 Å². The minimum atomic E-state index is 0.259. The number of rotatable bonds is 4. The highest BCUT2D eigenvalue weighted by Crippen LogP contribution is 2.29. The predicted octanol–water partition coefficient (Wildman–Crippen LogP) is 4.10. The fourth-order valence-electron chi connectivity index (χ4n) is 1.65. The smallest absolute Gasteiger partial charge is 0.107 e. The minimum absolute atomic E-state index is 0.259. The van der Waals surface area contributed by atoms with Crippen molar-refractivity contribution >= 4 is 22.7 Å². The van der Waals surface area contributed by atoms with E-state index < -0.39 is 0 Å². The number of thiophene rings is 1. The lowest BCUT2D eigenvalue weighted by Gasteiger charge is -2.15. The summed E-state index contributed by atoms with van der Waals surface area (Å²) in [6, 6.07) is 4.47. The second-order valence-electron chi connectivity index (χ2n) is 5.48. The van der Waals surface area contributed by atoms with Gasteiger partial charge >= 0.3 is 0 Å². The van der Waals surface area contributed by atoms with Gasteiger partial charge in [0.25, 0.3) is 0 Å². The molecule has 0 unspecified atom stereocenters. The third kappa shape index (κ3) is 3.64. The van der Waals surface area contributed by atoms with E-state index in [2.05, 4.69) is 50.1 Å². The predicted molar refractivity (Wildman–Crippen MR) is 80.4 cm³/mol. The number of nitrogens with zero attached hydrogens (tertiary/aromatic N) is 1. The van der Waals surface area contributed by atoms with Crippen molar-refractivity contribution in [2.24, 2.45) is 0 Å². The zero-order valence-corrected chi connectivity index (χ0v) is 13.0. The molecule has 2 aromatic heterocycles. The van der Waals surface area contributed by atoms with Crippen LogP contribution in [0.15, 0.2) is 18.3 Å². The molecular weight excluding hydrogens is 260 g/mol. The number of hydrogen-bond acceptors (Lipinski definition) is 4. The molecule has 2 heterocycles. The molecule has 0 spiro atoms. The van der Waals surface area contributed by atoms with Crippen molar-refractivity contribution in [2.75, 3.05) is 0 Å². The van der Waals surface area contributed by atoms with Crippen LogP contribution in [0.25, 0.3) is 0 Å². The molecule has 0 saturated carbocycles. The number of hydrogen-bond donors (Lipinski definition) is 1. The van der Waals surface area contributed by atoms with Crippen LogP contribution in [-0.2, 0) is 18.5 Å². The zero-order chi connectivity index (χ0) is 13.2. The van der Waals surface area contributed by atoms with Crippen LogP contribution in [-0.4, -0.2) is 4.98 Å². The number of nitrogens with one attached hydrogen (secondary N) is 1. The summed E-state index contributed by atoms with van der Waals surface area (Å²) >= 11 is 3.66. The molecule has 0 radical (unpaired) electrons. The third-order valence-electron chi connectivity index (χ3n) is 2.65. The maximum atomic E-state index is 4.35. The Morgan fingerprint density at radius 1 is 1.17 bits per heavy atom. The Hall–Kier alpha value is -0.710. The van der Waals surface area contributed by atoms with Crippen LogP contribution < -0.4 is 5.32 Å². The normalized spacial score (nSPS) is 12.0. The monoisotopic (exact) mass is 280 g/mol. The molecule has 98 valence electrons. The van der Waals surface area contributed by atoms with E-state index in [9.17, 15) is 0 Å². The second-order valence-corrected chi connectivity index (χ2v) is 7.97. The van der Waals surface area contributed by atoms with Crippen molar-refractivity contribution in [3.8, 4) is 0 Å². The molecule has 0 fully saturated rings. The zero-order valence-electron chi connectivity index (χ0n) is 11.4. The second kappa shape index (κ2) is 5.51. The highest BCUT2D eigenvalue weighted by Gasteiger charge is 2.15. The molecule has 18 heavy (non-hydrogen) atoms. The molecule has 4 heteroatoms. The largest absolute Gasteiger partial charge is 0.306 e. The Morgan fingerprint density at radius 2 is 1.94 bits per heavy atom. The maximum absolute atomic E-state index is 4.35. The van der Waals surface area contributed by atoms with Crippen molar-refractivity contribution < 1.29 is 0 Å². The van der Waals surface area contributed by atoms with E-state index >= 15 is 0 Å². The summed E-state index contributed by atoms with van der Waals surface area (Å²) in [5.74, 6) is 0. The molecule has 0 aromatic carbocycles. The molecule has 0 saturated heterocycles. The van der Waals surface area contributed by atoms with Crippen molar-refractivity contribution in [1.82, 2.24) is 10.3 Å². The van der Waals surface area contributed by atoms with Crippen molar-refractivity contribution in [3.05, 3.63) is 38.0 Å². The van der Waals surface area contributed by atoms with Gasteiger partial charge in [0.15, 0.2) is 0 Å². The van der Waals surface area contributed by atoms with Crippen LogP contribution in [0.5, 0.6) is 0 Å². The number of aryl methyl sites for hydroxylation is 1. The van der Waals surface area contributed by atoms with E-state index in [1.807, 2.05) is 17.5 Å². The molecule has 0 atom stereocenters. The molecule has 0 aliphatic rings. The molecule has 0 amide bonds. The first-order chi connectivity index (χ1) is 8.45. The summed E-state index contributed by atoms with van der Waals surface area (Å²) in [7, 11) is 0. The van der Waals surface area contributed by atoms with Gasteiger partial charge in [0.2, 0.25) is 0 Å². The average molecular weight is 280 g/mol. The highest BCUT2D eigenvalue weighted by molar-refractivity contribution is 7.12. The molecule has 0 aliphatic heterocycles. The van der Waals surface area contributed by atoms with Crippen LogP contribution >= 0.6 is 22.7 Å². The van der Waals surface area contributed by atoms with Crippen LogP contribution in [0.1, 0.15) is 40.4 Å². The summed E-state index contributed by atoms with van der Waals surface area (Å²) in [6.07, 6.45) is 1.94. The van der Waals surface area contributed by atoms with Gasteiger partial charge in [0, 0.05) is 33.9 Å². The van der Waals surface area contributed by atoms with Crippen LogP contribution in [0.4, 0.5) is 0 Å². The number of aromatic nitrogens is 1. The molecule has 0 aliphatic carbocycles. The standard InChI is InChI=1S/C14H20N2S2/c1-10-7-16-13(17-10)9-15-8-11-5-6-12(18-11)14(2,3)4/h5-7,15H,8-9H2,1-4H3. The van der Waals surface area contributed by atoms with E-state index in [4.69, 9.17) is 0 Å². The molecule has 2 nitrogen and oxygen atoms in total. The van der Waals surface area contributed by atoms with Crippen molar-refractivity contribution in [3.63, 3.8) is 0 Å². The molecule has 0 bridgehead atoms. The van der Waals surface area contributed by atoms with Gasteiger partial charge < -0.3 is 5.32 Å². The Morgan fingerprint density at radius 3 is 2.50 bits per heavy atom. The summed E-state index contributed by atoms with van der Waals surface area (Å²) in [5, 5.41) is 4.62. The number of thiazole rings is 1. The van der Waals surface area contributed by atoms with E-state index in [0.717, 1.165) is 13.1 Å². The van der Waals surface area contributed by atoms with Crippen LogP contribution in [0.2, 0.25) is 0 Å². The van der Waals surface area contributed by atoms with Gasteiger partial charge in [-0.25, -0.2) is 4.98 Å². The fourth-order valence-corrected chi connectivity index (χ4v) is 3.44. The maximum Gasteiger partial charge on any atom is 0.107 e. The molecule has 2 aromatic rings. The molecule has 2 rings (SSSR count). The third-order valence-corrected chi connectivity index (χ3v) is 5.07. The lowest BCUT2D eigenvalue weighted by atomic mass is 9.95. The van der Waals surface area contributed by atoms with Gasteiger partial charge in [0.05, 0.1) is 0 Å². The van der Waals surface area contributed by atoms with Gasteiger partial charge in [-0.3, -0.25) is 0 Å². The Bertz CT molecular complexity index is 506. The van der Waals surface area contributed by atoms with Crippen LogP contribution in [0, 0.1) is 6.92 Å². The van der Waals surface area contributed by atoms with Gasteiger partial charge in [-0.2, -0.15) is 0 Å². The van der Waals surface area contributed by atoms with Gasteiger partial charge in [-0.15, -0.1) is 22.7 Å². The average Bonchev–Trinajstić information content (AvgIpc) is 2.87. The van der Waals surface area contributed by atoms with Gasteiger partial charge in [0.1, 0.15) is 5.01 Å². The first-order valence-electron chi connectivity index (χ1n) is 6.16. The van der Waals surface area contributed by atoms with E-state index in [1.54, 1.807) is 11.3 Å². The lowest BCUT2D eigenvalue weighted by Crippen LogP contribution is -2.11. The van der Waals surface area contributed by atoms with Crippen molar-refractivity contribution in [2.45, 2.75) is 46.2 Å². The van der Waals surface area contributed by atoms with E-state index in [1.165, 1.54) is 19.6 Å². The highest BCUT2D eigenvalue weighted by atomic mass is 32.1. The Balaban J connectivity index is 1.85. The lowest BCUT2D eigenvalue weighted by molar-refractivity contribution is 0.604.